The first kappa shape index (κ1) is 13.3. The fraction of sp³-hybridized carbons (Fsp3) is 0.500. The van der Waals surface area contributed by atoms with Crippen LogP contribution in [0.2, 0.25) is 0 Å². The zero-order chi connectivity index (χ0) is 13.6. The van der Waals surface area contributed by atoms with Gasteiger partial charge in [-0.25, -0.2) is 0 Å². The summed E-state index contributed by atoms with van der Waals surface area (Å²) in [6, 6.07) is 7.27. The van der Waals surface area contributed by atoms with Crippen LogP contribution < -0.4 is 4.90 Å². The minimum atomic E-state index is -4.25. The molecule has 0 radical (unpaired) electrons. The SMILES string of the molecule is CC(O)CN1c2ccccc2CC1(C)S(=O)(=O)O. The molecule has 0 aliphatic carbocycles. The molecule has 1 aromatic rings. The minimum Gasteiger partial charge on any atom is -0.392 e. The lowest BCUT2D eigenvalue weighted by molar-refractivity contribution is 0.196. The Morgan fingerprint density at radius 3 is 2.61 bits per heavy atom. The maximum Gasteiger partial charge on any atom is 0.289 e. The maximum absolute atomic E-state index is 11.6. The first-order chi connectivity index (χ1) is 8.25. The number of anilines is 1. The largest absolute Gasteiger partial charge is 0.392 e. The highest BCUT2D eigenvalue weighted by Crippen LogP contribution is 2.41. The number of nitrogens with zero attached hydrogens (tertiary/aromatic N) is 1. The van der Waals surface area contributed by atoms with Crippen LogP contribution in [0.25, 0.3) is 0 Å². The van der Waals surface area contributed by atoms with E-state index in [1.165, 1.54) is 6.92 Å². The van der Waals surface area contributed by atoms with Crippen molar-refractivity contribution in [2.45, 2.75) is 31.2 Å². The van der Waals surface area contributed by atoms with Crippen molar-refractivity contribution in [2.75, 3.05) is 11.4 Å². The van der Waals surface area contributed by atoms with Gasteiger partial charge in [-0.15, -0.1) is 0 Å². The Morgan fingerprint density at radius 1 is 1.44 bits per heavy atom. The van der Waals surface area contributed by atoms with Crippen molar-refractivity contribution in [2.24, 2.45) is 0 Å². The Bertz CT molecular complexity index is 555. The second kappa shape index (κ2) is 4.22. The molecule has 2 rings (SSSR count). The monoisotopic (exact) mass is 271 g/mol. The van der Waals surface area contributed by atoms with Gasteiger partial charge in [0, 0.05) is 18.7 Å². The highest BCUT2D eigenvalue weighted by atomic mass is 32.2. The van der Waals surface area contributed by atoms with E-state index in [1.807, 2.05) is 18.2 Å². The summed E-state index contributed by atoms with van der Waals surface area (Å²) in [6.07, 6.45) is -0.466. The van der Waals surface area contributed by atoms with Crippen LogP contribution in [0, 0.1) is 0 Å². The molecule has 6 heteroatoms. The first-order valence-corrected chi connectivity index (χ1v) is 7.20. The summed E-state index contributed by atoms with van der Waals surface area (Å²) >= 11 is 0. The number of benzene rings is 1. The average molecular weight is 271 g/mol. The molecule has 18 heavy (non-hydrogen) atoms. The van der Waals surface area contributed by atoms with Crippen molar-refractivity contribution < 1.29 is 18.1 Å². The number of aliphatic hydroxyl groups is 1. The summed E-state index contributed by atoms with van der Waals surface area (Å²) in [5.74, 6) is 0. The van der Waals surface area contributed by atoms with Gasteiger partial charge in [-0.1, -0.05) is 18.2 Å². The van der Waals surface area contributed by atoms with E-state index in [2.05, 4.69) is 0 Å². The third-order valence-electron chi connectivity index (χ3n) is 3.37. The molecule has 0 aromatic heterocycles. The molecule has 100 valence electrons. The molecular formula is C12H17NO4S. The Kier molecular flexibility index (Phi) is 3.12. The van der Waals surface area contributed by atoms with E-state index in [0.29, 0.717) is 0 Å². The van der Waals surface area contributed by atoms with Crippen molar-refractivity contribution in [3.63, 3.8) is 0 Å². The normalized spacial score (nSPS) is 25.0. The number of para-hydroxylation sites is 1. The van der Waals surface area contributed by atoms with Gasteiger partial charge in [-0.3, -0.25) is 4.55 Å². The lowest BCUT2D eigenvalue weighted by Crippen LogP contribution is -2.52. The van der Waals surface area contributed by atoms with Crippen LogP contribution in [0.3, 0.4) is 0 Å². The van der Waals surface area contributed by atoms with Gasteiger partial charge in [0.15, 0.2) is 4.87 Å². The molecule has 0 amide bonds. The zero-order valence-corrected chi connectivity index (χ0v) is 11.2. The van der Waals surface area contributed by atoms with E-state index in [4.69, 9.17) is 0 Å². The molecule has 2 atom stereocenters. The van der Waals surface area contributed by atoms with Crippen molar-refractivity contribution >= 4 is 15.8 Å². The summed E-state index contributed by atoms with van der Waals surface area (Å²) in [5, 5.41) is 9.52. The standard InChI is InChI=1S/C12H17NO4S/c1-9(14)8-13-11-6-4-3-5-10(11)7-12(13,2)18(15,16)17/h3-6,9,14H,7-8H2,1-2H3,(H,15,16,17). The Labute approximate surface area is 107 Å². The van der Waals surface area contributed by atoms with Crippen molar-refractivity contribution in [1.29, 1.82) is 0 Å². The number of hydrogen-bond acceptors (Lipinski definition) is 4. The quantitative estimate of drug-likeness (QED) is 0.803. The lowest BCUT2D eigenvalue weighted by Gasteiger charge is -2.35. The van der Waals surface area contributed by atoms with E-state index in [9.17, 15) is 18.1 Å². The smallest absolute Gasteiger partial charge is 0.289 e. The second-order valence-electron chi connectivity index (χ2n) is 4.92. The van der Waals surface area contributed by atoms with Crippen molar-refractivity contribution in [1.82, 2.24) is 0 Å². The Hall–Kier alpha value is -1.11. The molecule has 1 heterocycles. The van der Waals surface area contributed by atoms with Gasteiger partial charge in [0.25, 0.3) is 10.1 Å². The summed E-state index contributed by atoms with van der Waals surface area (Å²) in [6.45, 7) is 3.23. The topological polar surface area (TPSA) is 77.8 Å². The molecule has 1 aliphatic heterocycles. The number of aliphatic hydroxyl groups excluding tert-OH is 1. The molecule has 0 bridgehead atoms. The van der Waals surface area contributed by atoms with E-state index in [1.54, 1.807) is 17.9 Å². The predicted octanol–water partition coefficient (Wildman–Crippen LogP) is 1.03. The minimum absolute atomic E-state index is 0.160. The van der Waals surface area contributed by atoms with Crippen LogP contribution in [0.15, 0.2) is 24.3 Å². The molecule has 0 spiro atoms. The van der Waals surface area contributed by atoms with Crippen LogP contribution in [0.5, 0.6) is 0 Å². The van der Waals surface area contributed by atoms with Gasteiger partial charge in [0.1, 0.15) is 0 Å². The molecule has 1 aliphatic rings. The molecule has 1 aromatic carbocycles. The van der Waals surface area contributed by atoms with E-state index in [-0.39, 0.29) is 13.0 Å². The third kappa shape index (κ3) is 2.00. The Morgan fingerprint density at radius 2 is 2.06 bits per heavy atom. The number of hydrogen-bond donors (Lipinski definition) is 2. The van der Waals surface area contributed by atoms with Crippen molar-refractivity contribution in [3.8, 4) is 0 Å². The predicted molar refractivity (Wildman–Crippen MR) is 69.1 cm³/mol. The summed E-state index contributed by atoms with van der Waals surface area (Å²) in [7, 11) is -4.25. The molecule has 2 unspecified atom stereocenters. The molecule has 0 fully saturated rings. The first-order valence-electron chi connectivity index (χ1n) is 5.76. The van der Waals surface area contributed by atoms with Crippen LogP contribution in [0.4, 0.5) is 5.69 Å². The molecule has 0 saturated heterocycles. The van der Waals surface area contributed by atoms with E-state index < -0.39 is 21.1 Å². The van der Waals surface area contributed by atoms with Gasteiger partial charge >= 0.3 is 0 Å². The number of rotatable bonds is 3. The van der Waals surface area contributed by atoms with Crippen molar-refractivity contribution in [3.05, 3.63) is 29.8 Å². The highest BCUT2D eigenvalue weighted by Gasteiger charge is 2.49. The molecule has 0 saturated carbocycles. The lowest BCUT2D eigenvalue weighted by atomic mass is 10.1. The fourth-order valence-electron chi connectivity index (χ4n) is 2.41. The van der Waals surface area contributed by atoms with Gasteiger partial charge < -0.3 is 10.0 Å². The molecule has 2 N–H and O–H groups in total. The molecule has 5 nitrogen and oxygen atoms in total. The van der Waals surface area contributed by atoms with Gasteiger partial charge in [-0.2, -0.15) is 8.42 Å². The van der Waals surface area contributed by atoms with Gasteiger partial charge in [0.2, 0.25) is 0 Å². The Balaban J connectivity index is 2.53. The second-order valence-corrected chi connectivity index (χ2v) is 6.74. The maximum atomic E-state index is 11.6. The molecular weight excluding hydrogens is 254 g/mol. The number of fused-ring (bicyclic) bond motifs is 1. The van der Waals surface area contributed by atoms with E-state index >= 15 is 0 Å². The summed E-state index contributed by atoms with van der Waals surface area (Å²) in [5.41, 5.74) is 1.61. The van der Waals surface area contributed by atoms with E-state index in [0.717, 1.165) is 11.3 Å². The summed E-state index contributed by atoms with van der Waals surface area (Å²) in [4.78, 5) is 0.149. The van der Waals surface area contributed by atoms with Crippen LogP contribution in [-0.2, 0) is 16.5 Å². The van der Waals surface area contributed by atoms with Crippen LogP contribution in [-0.4, -0.2) is 35.6 Å². The summed E-state index contributed by atoms with van der Waals surface area (Å²) < 4.78 is 32.8. The van der Waals surface area contributed by atoms with Gasteiger partial charge in [0.05, 0.1) is 6.10 Å². The highest BCUT2D eigenvalue weighted by molar-refractivity contribution is 7.87. The third-order valence-corrected chi connectivity index (χ3v) is 4.85. The van der Waals surface area contributed by atoms with Crippen LogP contribution in [0.1, 0.15) is 19.4 Å². The average Bonchev–Trinajstić information content (AvgIpc) is 2.52. The van der Waals surface area contributed by atoms with Crippen LogP contribution >= 0.6 is 0 Å². The fourth-order valence-corrected chi connectivity index (χ4v) is 3.20. The zero-order valence-electron chi connectivity index (χ0n) is 10.4. The number of β-amino-alcohol motifs (C(OH)–C–C–N with tert-alkyl or cyclic N) is 1. The van der Waals surface area contributed by atoms with Gasteiger partial charge in [-0.05, 0) is 25.5 Å².